The molecule has 2 N–H and O–H groups in total. The average molecular weight is 162 g/mol. The van der Waals surface area contributed by atoms with Crippen LogP contribution in [0.3, 0.4) is 0 Å². The fraction of sp³-hybridized carbons (Fsp3) is 0.500. The van der Waals surface area contributed by atoms with E-state index in [1.165, 1.54) is 0 Å². The number of anilines is 1. The lowest BCUT2D eigenvalue weighted by molar-refractivity contribution is 0.550. The highest BCUT2D eigenvalue weighted by atomic mass is 15.3. The van der Waals surface area contributed by atoms with Crippen LogP contribution in [0.1, 0.15) is 6.42 Å². The summed E-state index contributed by atoms with van der Waals surface area (Å²) in [5, 5.41) is 12.6. The molecule has 0 aliphatic heterocycles. The Hall–Kier alpha value is -1.50. The predicted molar refractivity (Wildman–Crippen MR) is 43.8 cm³/mol. The number of hydrogen-bond donors (Lipinski definition) is 1. The van der Waals surface area contributed by atoms with E-state index >= 15 is 0 Å². The number of rotatable bonds is 2. The lowest BCUT2D eigenvalue weighted by Gasteiger charge is -1.96. The standard InChI is InChI=1S/C8H10N4/c9-2-6-1-7(6)4-12-5-8(10)3-11-12/h3,5-7H,1,4,10H2/t6-,7-/m1/s1. The predicted octanol–water partition coefficient (Wildman–Crippen LogP) is 0.625. The molecule has 4 nitrogen and oxygen atoms in total. The third-order valence-corrected chi connectivity index (χ3v) is 2.16. The maximum atomic E-state index is 8.56. The van der Waals surface area contributed by atoms with E-state index in [1.807, 2.05) is 0 Å². The van der Waals surface area contributed by atoms with Crippen molar-refractivity contribution >= 4 is 5.69 Å². The molecular formula is C8H10N4. The van der Waals surface area contributed by atoms with Gasteiger partial charge < -0.3 is 5.73 Å². The number of aromatic nitrogens is 2. The first kappa shape index (κ1) is 7.17. The summed E-state index contributed by atoms with van der Waals surface area (Å²) >= 11 is 0. The van der Waals surface area contributed by atoms with Crippen molar-refractivity contribution in [3.8, 4) is 6.07 Å². The van der Waals surface area contributed by atoms with Gasteiger partial charge in [0.2, 0.25) is 0 Å². The summed E-state index contributed by atoms with van der Waals surface area (Å²) in [5.41, 5.74) is 6.18. The summed E-state index contributed by atoms with van der Waals surface area (Å²) in [6.45, 7) is 0.829. The molecule has 1 fully saturated rings. The first-order chi connectivity index (χ1) is 5.79. The molecule has 1 aromatic rings. The summed E-state index contributed by atoms with van der Waals surface area (Å²) in [6, 6.07) is 2.24. The van der Waals surface area contributed by atoms with Crippen LogP contribution < -0.4 is 5.73 Å². The molecule has 2 atom stereocenters. The Morgan fingerprint density at radius 1 is 1.83 bits per heavy atom. The molecule has 0 aromatic carbocycles. The highest BCUT2D eigenvalue weighted by Gasteiger charge is 2.37. The van der Waals surface area contributed by atoms with E-state index in [-0.39, 0.29) is 5.92 Å². The topological polar surface area (TPSA) is 67.6 Å². The van der Waals surface area contributed by atoms with E-state index in [4.69, 9.17) is 11.0 Å². The molecule has 1 aromatic heterocycles. The highest BCUT2D eigenvalue weighted by Crippen LogP contribution is 2.38. The van der Waals surface area contributed by atoms with Gasteiger partial charge in [0, 0.05) is 12.7 Å². The van der Waals surface area contributed by atoms with Gasteiger partial charge in [0.25, 0.3) is 0 Å². The second-order valence-electron chi connectivity index (χ2n) is 3.23. The first-order valence-corrected chi connectivity index (χ1v) is 3.97. The number of hydrogen-bond acceptors (Lipinski definition) is 3. The van der Waals surface area contributed by atoms with E-state index < -0.39 is 0 Å². The summed E-state index contributed by atoms with van der Waals surface area (Å²) in [7, 11) is 0. The third-order valence-electron chi connectivity index (χ3n) is 2.16. The zero-order valence-electron chi connectivity index (χ0n) is 6.64. The number of nitriles is 1. The Kier molecular flexibility index (Phi) is 1.51. The van der Waals surface area contributed by atoms with Crippen molar-refractivity contribution in [3.63, 3.8) is 0 Å². The largest absolute Gasteiger partial charge is 0.396 e. The van der Waals surface area contributed by atoms with Crippen LogP contribution in [0, 0.1) is 23.2 Å². The minimum absolute atomic E-state index is 0.246. The summed E-state index contributed by atoms with van der Waals surface area (Å²) in [4.78, 5) is 0. The fourth-order valence-electron chi connectivity index (χ4n) is 1.33. The van der Waals surface area contributed by atoms with Crippen LogP contribution in [0.15, 0.2) is 12.4 Å². The van der Waals surface area contributed by atoms with Crippen LogP contribution in [-0.2, 0) is 6.54 Å². The van der Waals surface area contributed by atoms with Gasteiger partial charge >= 0.3 is 0 Å². The van der Waals surface area contributed by atoms with Crippen molar-refractivity contribution in [1.82, 2.24) is 9.78 Å². The second kappa shape index (κ2) is 2.52. The summed E-state index contributed by atoms with van der Waals surface area (Å²) in [6.07, 6.45) is 4.44. The molecule has 0 unspecified atom stereocenters. The first-order valence-electron chi connectivity index (χ1n) is 3.97. The van der Waals surface area contributed by atoms with E-state index in [2.05, 4.69) is 11.2 Å². The van der Waals surface area contributed by atoms with Crippen molar-refractivity contribution in [1.29, 1.82) is 5.26 Å². The van der Waals surface area contributed by atoms with Crippen molar-refractivity contribution in [3.05, 3.63) is 12.4 Å². The molecule has 0 amide bonds. The Bertz CT molecular complexity index is 322. The SMILES string of the molecule is N#C[C@H]1C[C@@H]1Cn1cc(N)cn1. The maximum absolute atomic E-state index is 8.56. The van der Waals surface area contributed by atoms with Gasteiger partial charge in [-0.25, -0.2) is 0 Å². The van der Waals surface area contributed by atoms with Gasteiger partial charge in [0.15, 0.2) is 0 Å². The van der Waals surface area contributed by atoms with Crippen molar-refractivity contribution < 1.29 is 0 Å². The molecule has 1 aliphatic rings. The minimum Gasteiger partial charge on any atom is -0.396 e. The smallest absolute Gasteiger partial charge is 0.0719 e. The van der Waals surface area contributed by atoms with Crippen molar-refractivity contribution in [2.24, 2.45) is 11.8 Å². The summed E-state index contributed by atoms with van der Waals surface area (Å²) in [5.74, 6) is 0.740. The monoisotopic (exact) mass is 162 g/mol. The van der Waals surface area contributed by atoms with Gasteiger partial charge in [-0.15, -0.1) is 0 Å². The van der Waals surface area contributed by atoms with Crippen LogP contribution in [0.5, 0.6) is 0 Å². The normalized spacial score (nSPS) is 26.6. The zero-order chi connectivity index (χ0) is 8.55. The third kappa shape index (κ3) is 1.26. The molecule has 12 heavy (non-hydrogen) atoms. The van der Waals surface area contributed by atoms with Crippen LogP contribution in [-0.4, -0.2) is 9.78 Å². The Morgan fingerprint density at radius 3 is 3.17 bits per heavy atom. The second-order valence-corrected chi connectivity index (χ2v) is 3.23. The molecular weight excluding hydrogens is 152 g/mol. The van der Waals surface area contributed by atoms with E-state index in [0.29, 0.717) is 11.6 Å². The Morgan fingerprint density at radius 2 is 2.67 bits per heavy atom. The van der Waals surface area contributed by atoms with Crippen molar-refractivity contribution in [2.45, 2.75) is 13.0 Å². The molecule has 1 saturated carbocycles. The molecule has 2 rings (SSSR count). The van der Waals surface area contributed by atoms with Gasteiger partial charge in [-0.05, 0) is 12.3 Å². The molecule has 0 saturated heterocycles. The molecule has 0 spiro atoms. The van der Waals surface area contributed by atoms with Gasteiger partial charge in [-0.1, -0.05) is 0 Å². The van der Waals surface area contributed by atoms with E-state index in [1.54, 1.807) is 17.1 Å². The lowest BCUT2D eigenvalue weighted by atomic mass is 10.3. The molecule has 0 bridgehead atoms. The quantitative estimate of drug-likeness (QED) is 0.693. The summed E-state index contributed by atoms with van der Waals surface area (Å²) < 4.78 is 1.80. The number of nitrogens with zero attached hydrogens (tertiary/aromatic N) is 3. The Balaban J connectivity index is 1.94. The average Bonchev–Trinajstić information content (AvgIpc) is 2.67. The number of nitrogens with two attached hydrogens (primary N) is 1. The molecule has 0 radical (unpaired) electrons. The highest BCUT2D eigenvalue weighted by molar-refractivity contribution is 5.30. The van der Waals surface area contributed by atoms with Gasteiger partial charge in [-0.3, -0.25) is 4.68 Å². The van der Waals surface area contributed by atoms with Crippen LogP contribution in [0.4, 0.5) is 5.69 Å². The zero-order valence-corrected chi connectivity index (χ0v) is 6.64. The van der Waals surface area contributed by atoms with E-state index in [0.717, 1.165) is 13.0 Å². The Labute approximate surface area is 70.6 Å². The molecule has 62 valence electrons. The fourth-order valence-corrected chi connectivity index (χ4v) is 1.33. The lowest BCUT2D eigenvalue weighted by Crippen LogP contribution is -2.00. The van der Waals surface area contributed by atoms with Gasteiger partial charge in [-0.2, -0.15) is 10.4 Å². The van der Waals surface area contributed by atoms with Crippen LogP contribution >= 0.6 is 0 Å². The molecule has 4 heteroatoms. The number of nitrogen functional groups attached to an aromatic ring is 1. The van der Waals surface area contributed by atoms with Gasteiger partial charge in [0.1, 0.15) is 0 Å². The minimum atomic E-state index is 0.246. The van der Waals surface area contributed by atoms with Gasteiger partial charge in [0.05, 0.1) is 23.9 Å². The van der Waals surface area contributed by atoms with Crippen molar-refractivity contribution in [2.75, 3.05) is 5.73 Å². The molecule has 1 aliphatic carbocycles. The molecule has 1 heterocycles. The van der Waals surface area contributed by atoms with Crippen LogP contribution in [0.2, 0.25) is 0 Å². The van der Waals surface area contributed by atoms with E-state index in [9.17, 15) is 0 Å². The van der Waals surface area contributed by atoms with Crippen LogP contribution in [0.25, 0.3) is 0 Å². The maximum Gasteiger partial charge on any atom is 0.0719 e.